The van der Waals surface area contributed by atoms with E-state index in [1.165, 1.54) is 37.9 Å². The van der Waals surface area contributed by atoms with E-state index in [9.17, 15) is 0 Å². The van der Waals surface area contributed by atoms with Gasteiger partial charge in [-0.25, -0.2) is 0 Å². The Labute approximate surface area is 155 Å². The van der Waals surface area contributed by atoms with Gasteiger partial charge in [-0.1, -0.05) is 34.6 Å². The smallest absolute Gasteiger partial charge is 0 e. The third-order valence-corrected chi connectivity index (χ3v) is 5.25. The van der Waals surface area contributed by atoms with Crippen LogP contribution in [0.4, 0.5) is 0 Å². The molecule has 2 rings (SSSR count). The second kappa shape index (κ2) is 10.3. The van der Waals surface area contributed by atoms with E-state index in [0.29, 0.717) is 0 Å². The van der Waals surface area contributed by atoms with Crippen molar-refractivity contribution in [3.63, 3.8) is 0 Å². The molecule has 2 heteroatoms. The molecule has 1 aliphatic rings. The maximum atomic E-state index is 3.06. The first-order valence-corrected chi connectivity index (χ1v) is 8.49. The van der Waals surface area contributed by atoms with Gasteiger partial charge in [0, 0.05) is 16.8 Å². The van der Waals surface area contributed by atoms with Crippen LogP contribution in [0.2, 0.25) is 0 Å². The Morgan fingerprint density at radius 1 is 0.955 bits per heavy atom. The second-order valence-electron chi connectivity index (χ2n) is 5.62. The summed E-state index contributed by atoms with van der Waals surface area (Å²) in [6, 6.07) is 0. The predicted octanol–water partition coefficient (Wildman–Crippen LogP) is 5.48. The molecule has 0 bridgehead atoms. The van der Waals surface area contributed by atoms with Crippen molar-refractivity contribution in [3.8, 4) is 0 Å². The number of rotatable bonds is 1. The molecule has 1 aliphatic carbocycles. The molecule has 0 N–H and O–H groups in total. The fourth-order valence-electron chi connectivity index (χ4n) is 2.42. The Kier molecular flexibility index (Phi) is 10.0. The molecule has 0 aliphatic heterocycles. The van der Waals surface area contributed by atoms with E-state index in [1.807, 2.05) is 0 Å². The van der Waals surface area contributed by atoms with Gasteiger partial charge in [0.25, 0.3) is 0 Å². The molecule has 0 spiro atoms. The summed E-state index contributed by atoms with van der Waals surface area (Å²) in [4.78, 5) is 0. The molecule has 1 aromatic rings. The van der Waals surface area contributed by atoms with E-state index in [2.05, 4.69) is 88.3 Å². The molecule has 0 saturated heterocycles. The van der Waals surface area contributed by atoms with Crippen molar-refractivity contribution in [2.75, 3.05) is 0 Å². The van der Waals surface area contributed by atoms with Gasteiger partial charge < -0.3 is 0 Å². The van der Waals surface area contributed by atoms with Crippen LogP contribution in [0, 0.1) is 41.0 Å². The fraction of sp³-hybridized carbons (Fsp3) is 0.400. The Morgan fingerprint density at radius 2 is 1.41 bits per heavy atom. The molecule has 1 aromatic carbocycles. The summed E-state index contributed by atoms with van der Waals surface area (Å²) in [7, 11) is 0. The van der Waals surface area contributed by atoms with Crippen LogP contribution in [-0.2, 0) is 16.8 Å². The molecule has 124 valence electrons. The van der Waals surface area contributed by atoms with Crippen LogP contribution in [0.1, 0.15) is 47.6 Å². The van der Waals surface area contributed by atoms with Crippen LogP contribution < -0.4 is 0 Å². The molecule has 22 heavy (non-hydrogen) atoms. The first kappa shape index (κ1) is 21.5. The number of hydrogen-bond acceptors (Lipinski definition) is 0. The number of hydrogen-bond donors (Lipinski definition) is 0. The van der Waals surface area contributed by atoms with Crippen LogP contribution in [0.3, 0.4) is 0 Å². The first-order valence-electron chi connectivity index (χ1n) is 7.63. The van der Waals surface area contributed by atoms with Gasteiger partial charge in [0.05, 0.1) is 0 Å². The summed E-state index contributed by atoms with van der Waals surface area (Å²) in [5.74, 6) is 0. The number of allylic oxidation sites excluding steroid dienone is 6. The fourth-order valence-corrected chi connectivity index (χ4v) is 3.01. The van der Waals surface area contributed by atoms with Gasteiger partial charge >= 0.3 is 76.5 Å². The normalized spacial score (nSPS) is 19.9. The monoisotopic (exact) mass is 406 g/mol. The topological polar surface area (TPSA) is 0 Å². The van der Waals surface area contributed by atoms with Crippen molar-refractivity contribution in [3.05, 3.63) is 68.6 Å². The van der Waals surface area contributed by atoms with Gasteiger partial charge in [0.15, 0.2) is 0 Å². The standard InChI is InChI=1S/C10H12Se.C10H15.Co/c1-2-9-7-5-3-4-6-8-10(9)11;1-6-7(2)9(4)10(5)8(6)3;/h2,5-8H,3-4H2,1H3;1-5H3;/q2*-1;/b7-5-,8-6-,10-9+;;. The molecular formula is C20H27CoSe-2. The molecule has 0 aromatic heterocycles. The SMILES string of the molecule is C[CH-]C1=C([Se])/C=C\CC/C=C\1.Cc1c(C)c(C)[c-](C)c1C.[Co]. The molecule has 0 fully saturated rings. The molecule has 0 nitrogen and oxygen atoms in total. The van der Waals surface area contributed by atoms with Crippen molar-refractivity contribution in [2.24, 2.45) is 0 Å². The van der Waals surface area contributed by atoms with Crippen molar-refractivity contribution in [1.29, 1.82) is 0 Å². The van der Waals surface area contributed by atoms with Gasteiger partial charge in [-0.05, 0) is 0 Å². The zero-order chi connectivity index (χ0) is 16.0. The largest absolute Gasteiger partial charge is 0.196 e. The summed E-state index contributed by atoms with van der Waals surface area (Å²) in [6.45, 7) is 13.1. The Morgan fingerprint density at radius 3 is 1.77 bits per heavy atom. The molecule has 0 atom stereocenters. The van der Waals surface area contributed by atoms with Gasteiger partial charge in [0.2, 0.25) is 0 Å². The molecule has 2 radical (unpaired) electrons. The van der Waals surface area contributed by atoms with Crippen molar-refractivity contribution in [1.82, 2.24) is 0 Å². The van der Waals surface area contributed by atoms with E-state index < -0.39 is 0 Å². The molecule has 0 heterocycles. The minimum absolute atomic E-state index is 0. The molecule has 0 unspecified atom stereocenters. The summed E-state index contributed by atoms with van der Waals surface area (Å²) in [6.07, 6.45) is 13.2. The van der Waals surface area contributed by atoms with E-state index in [-0.39, 0.29) is 16.8 Å². The maximum Gasteiger partial charge on any atom is 0 e. The van der Waals surface area contributed by atoms with Gasteiger partial charge in [-0.15, -0.1) is 0 Å². The maximum absolute atomic E-state index is 3.06. The zero-order valence-corrected chi connectivity index (χ0v) is 17.3. The van der Waals surface area contributed by atoms with Crippen molar-refractivity contribution < 1.29 is 16.8 Å². The summed E-state index contributed by atoms with van der Waals surface area (Å²) in [5.41, 5.74) is 8.63. The van der Waals surface area contributed by atoms with Crippen molar-refractivity contribution in [2.45, 2.75) is 54.4 Å². The van der Waals surface area contributed by atoms with E-state index in [1.54, 1.807) is 0 Å². The molecule has 0 amide bonds. The van der Waals surface area contributed by atoms with E-state index in [0.717, 1.165) is 12.8 Å². The third kappa shape index (κ3) is 5.59. The Hall–Kier alpha value is -0.534. The van der Waals surface area contributed by atoms with Gasteiger partial charge in [0.1, 0.15) is 0 Å². The molecule has 0 saturated carbocycles. The van der Waals surface area contributed by atoms with Crippen LogP contribution in [-0.4, -0.2) is 16.0 Å². The summed E-state index contributed by atoms with van der Waals surface area (Å²) < 4.78 is 1.24. The Bertz CT molecular complexity index is 491. The minimum Gasteiger partial charge on any atom is -0.196 e. The Balaban J connectivity index is 0.000000385. The average Bonchev–Trinajstić information content (AvgIpc) is 2.62. The van der Waals surface area contributed by atoms with E-state index >= 15 is 0 Å². The predicted molar refractivity (Wildman–Crippen MR) is 96.0 cm³/mol. The summed E-state index contributed by atoms with van der Waals surface area (Å²) >= 11 is 3.06. The quantitative estimate of drug-likeness (QED) is 0.429. The third-order valence-electron chi connectivity index (χ3n) is 4.47. The summed E-state index contributed by atoms with van der Waals surface area (Å²) in [5, 5.41) is 0. The minimum atomic E-state index is 0. The van der Waals surface area contributed by atoms with Crippen LogP contribution in [0.25, 0.3) is 0 Å². The zero-order valence-electron chi connectivity index (χ0n) is 14.5. The van der Waals surface area contributed by atoms with Crippen LogP contribution >= 0.6 is 0 Å². The van der Waals surface area contributed by atoms with Gasteiger partial charge in [-0.3, -0.25) is 0 Å². The second-order valence-corrected chi connectivity index (χ2v) is 6.54. The molecular weight excluding hydrogens is 378 g/mol. The van der Waals surface area contributed by atoms with Crippen molar-refractivity contribution >= 4 is 16.0 Å². The van der Waals surface area contributed by atoms with E-state index in [4.69, 9.17) is 0 Å². The van der Waals surface area contributed by atoms with Crippen LogP contribution in [0.15, 0.2) is 34.3 Å². The average molecular weight is 405 g/mol. The van der Waals surface area contributed by atoms with Gasteiger partial charge in [-0.2, -0.15) is 27.8 Å². The first-order chi connectivity index (χ1) is 9.90. The van der Waals surface area contributed by atoms with Crippen LogP contribution in [0.5, 0.6) is 0 Å².